The number of methoxy groups -OCH3 is 3. The Morgan fingerprint density at radius 1 is 1.09 bits per heavy atom. The Balaban J connectivity index is 1.45. The van der Waals surface area contributed by atoms with Gasteiger partial charge in [-0.3, -0.25) is 14.2 Å². The third kappa shape index (κ3) is 5.17. The minimum absolute atomic E-state index is 0.194. The highest BCUT2D eigenvalue weighted by molar-refractivity contribution is 7.17. The largest absolute Gasteiger partial charge is 0.493 e. The van der Waals surface area contributed by atoms with Crippen LogP contribution in [0.2, 0.25) is 0 Å². The van der Waals surface area contributed by atoms with Crippen molar-refractivity contribution in [1.82, 2.24) is 9.55 Å². The Morgan fingerprint density at radius 3 is 2.57 bits per heavy atom. The molecule has 2 heterocycles. The number of anilines is 1. The molecule has 35 heavy (non-hydrogen) atoms. The third-order valence-electron chi connectivity index (χ3n) is 6.20. The molecule has 0 unspecified atom stereocenters. The summed E-state index contributed by atoms with van der Waals surface area (Å²) in [4.78, 5) is 43.6. The molecule has 0 bridgehead atoms. The van der Waals surface area contributed by atoms with Crippen molar-refractivity contribution in [2.24, 2.45) is 0 Å². The highest BCUT2D eigenvalue weighted by atomic mass is 32.1. The smallest absolute Gasteiger partial charge is 0.341 e. The molecule has 0 saturated heterocycles. The zero-order chi connectivity index (χ0) is 24.9. The van der Waals surface area contributed by atoms with Crippen LogP contribution in [-0.2, 0) is 28.9 Å². The molecule has 0 atom stereocenters. The van der Waals surface area contributed by atoms with Crippen molar-refractivity contribution in [3.63, 3.8) is 0 Å². The van der Waals surface area contributed by atoms with Gasteiger partial charge < -0.3 is 19.5 Å². The molecule has 10 heteroatoms. The van der Waals surface area contributed by atoms with Crippen LogP contribution < -0.4 is 20.3 Å². The number of carbonyl (C=O) groups excluding carboxylic acids is 2. The molecule has 2 aromatic heterocycles. The maximum atomic E-state index is 12.9. The van der Waals surface area contributed by atoms with E-state index >= 15 is 0 Å². The van der Waals surface area contributed by atoms with E-state index in [1.807, 2.05) is 0 Å². The Bertz CT molecular complexity index is 1310. The molecule has 0 fully saturated rings. The van der Waals surface area contributed by atoms with E-state index in [4.69, 9.17) is 14.2 Å². The van der Waals surface area contributed by atoms with Gasteiger partial charge >= 0.3 is 5.97 Å². The van der Waals surface area contributed by atoms with Gasteiger partial charge in [-0.15, -0.1) is 11.3 Å². The molecule has 0 saturated carbocycles. The molecule has 1 aliphatic carbocycles. The van der Waals surface area contributed by atoms with Gasteiger partial charge in [-0.25, -0.2) is 9.78 Å². The number of esters is 1. The molecule has 9 nitrogen and oxygen atoms in total. The number of carbonyl (C=O) groups is 2. The number of amides is 1. The van der Waals surface area contributed by atoms with Crippen LogP contribution in [-0.4, -0.2) is 42.8 Å². The van der Waals surface area contributed by atoms with Crippen molar-refractivity contribution < 1.29 is 23.8 Å². The van der Waals surface area contributed by atoms with E-state index in [0.29, 0.717) is 45.9 Å². The van der Waals surface area contributed by atoms with Gasteiger partial charge in [-0.2, -0.15) is 0 Å². The summed E-state index contributed by atoms with van der Waals surface area (Å²) < 4.78 is 17.0. The predicted molar refractivity (Wildman–Crippen MR) is 134 cm³/mol. The van der Waals surface area contributed by atoms with Crippen molar-refractivity contribution in [3.05, 3.63) is 44.8 Å². The number of fused-ring (bicyclic) bond motifs is 2. The number of thiophene rings is 1. The third-order valence-corrected chi connectivity index (χ3v) is 7.40. The second-order valence-corrected chi connectivity index (χ2v) is 9.48. The topological polar surface area (TPSA) is 109 Å². The van der Waals surface area contributed by atoms with E-state index in [-0.39, 0.29) is 17.9 Å². The Kier molecular flexibility index (Phi) is 7.70. The first-order valence-corrected chi connectivity index (χ1v) is 12.4. The molecule has 1 amide bonds. The number of hydrogen-bond donors (Lipinski definition) is 1. The highest BCUT2D eigenvalue weighted by Crippen LogP contribution is 2.38. The molecule has 1 N–H and O–H groups in total. The summed E-state index contributed by atoms with van der Waals surface area (Å²) in [5.74, 6) is 0.325. The van der Waals surface area contributed by atoms with Crippen molar-refractivity contribution in [2.75, 3.05) is 26.6 Å². The van der Waals surface area contributed by atoms with E-state index in [0.717, 1.165) is 42.5 Å². The molecular formula is C25H29N3O6S. The molecule has 0 radical (unpaired) electrons. The lowest BCUT2D eigenvalue weighted by Gasteiger charge is -2.11. The fourth-order valence-corrected chi connectivity index (χ4v) is 5.69. The summed E-state index contributed by atoms with van der Waals surface area (Å²) in [6, 6.07) is 3.27. The Morgan fingerprint density at radius 2 is 1.83 bits per heavy atom. The minimum Gasteiger partial charge on any atom is -0.493 e. The van der Waals surface area contributed by atoms with Gasteiger partial charge in [0.2, 0.25) is 5.91 Å². The van der Waals surface area contributed by atoms with Crippen molar-refractivity contribution >= 4 is 39.1 Å². The molecule has 1 aromatic carbocycles. The highest BCUT2D eigenvalue weighted by Gasteiger charge is 2.26. The van der Waals surface area contributed by atoms with E-state index in [1.54, 1.807) is 12.1 Å². The van der Waals surface area contributed by atoms with E-state index in [9.17, 15) is 14.4 Å². The SMILES string of the molecule is COC(=O)c1c(NC(=O)CCCn2cnc3cc(OC)c(OC)cc3c2=O)sc2c1CCCCC2. The van der Waals surface area contributed by atoms with Gasteiger partial charge in [-0.1, -0.05) is 6.42 Å². The summed E-state index contributed by atoms with van der Waals surface area (Å²) >= 11 is 1.47. The monoisotopic (exact) mass is 499 g/mol. The van der Waals surface area contributed by atoms with Crippen molar-refractivity contribution in [1.29, 1.82) is 0 Å². The van der Waals surface area contributed by atoms with Crippen LogP contribution in [0.3, 0.4) is 0 Å². The number of ether oxygens (including phenoxy) is 3. The van der Waals surface area contributed by atoms with Crippen LogP contribution >= 0.6 is 11.3 Å². The lowest BCUT2D eigenvalue weighted by molar-refractivity contribution is -0.116. The summed E-state index contributed by atoms with van der Waals surface area (Å²) in [6.07, 6.45) is 7.07. The van der Waals surface area contributed by atoms with Crippen molar-refractivity contribution in [2.45, 2.75) is 51.5 Å². The van der Waals surface area contributed by atoms with Crippen LogP contribution in [0.15, 0.2) is 23.3 Å². The Labute approximate surface area is 207 Å². The van der Waals surface area contributed by atoms with Gasteiger partial charge in [0.15, 0.2) is 11.5 Å². The van der Waals surface area contributed by atoms with Crippen LogP contribution in [0.25, 0.3) is 10.9 Å². The minimum atomic E-state index is -0.416. The van der Waals surface area contributed by atoms with Gasteiger partial charge in [-0.05, 0) is 43.7 Å². The number of nitrogens with zero attached hydrogens (tertiary/aromatic N) is 2. The summed E-state index contributed by atoms with van der Waals surface area (Å²) in [6.45, 7) is 0.328. The maximum Gasteiger partial charge on any atom is 0.341 e. The number of aryl methyl sites for hydroxylation is 2. The standard InChI is InChI=1S/C25H29N3O6S/c1-32-18-12-16-17(13-19(18)33-2)26-14-28(24(16)30)11-7-10-21(29)27-23-22(25(31)34-3)15-8-5-4-6-9-20(15)35-23/h12-14H,4-11H2,1-3H3,(H,27,29). The zero-order valence-corrected chi connectivity index (χ0v) is 21.0. The average Bonchev–Trinajstić information content (AvgIpc) is 3.03. The molecule has 0 spiro atoms. The summed E-state index contributed by atoms with van der Waals surface area (Å²) in [5, 5.41) is 3.88. The summed E-state index contributed by atoms with van der Waals surface area (Å²) in [5.41, 5.74) is 1.79. The van der Waals surface area contributed by atoms with Gasteiger partial charge in [0.25, 0.3) is 5.56 Å². The number of rotatable bonds is 8. The molecule has 4 rings (SSSR count). The second-order valence-electron chi connectivity index (χ2n) is 8.38. The normalized spacial score (nSPS) is 13.1. The van der Waals surface area contributed by atoms with Crippen LogP contribution in [0.1, 0.15) is 52.9 Å². The van der Waals surface area contributed by atoms with Crippen LogP contribution in [0, 0.1) is 0 Å². The molecule has 186 valence electrons. The number of hydrogen-bond acceptors (Lipinski definition) is 8. The lowest BCUT2D eigenvalue weighted by atomic mass is 10.1. The quantitative estimate of drug-likeness (QED) is 0.369. The second kappa shape index (κ2) is 10.9. The summed E-state index contributed by atoms with van der Waals surface area (Å²) in [7, 11) is 4.39. The number of aromatic nitrogens is 2. The first-order valence-electron chi connectivity index (χ1n) is 11.6. The zero-order valence-electron chi connectivity index (χ0n) is 20.1. The molecular weight excluding hydrogens is 470 g/mol. The molecule has 3 aromatic rings. The van der Waals surface area contributed by atoms with Gasteiger partial charge in [0.05, 0.1) is 44.1 Å². The van der Waals surface area contributed by atoms with E-state index in [2.05, 4.69) is 10.3 Å². The predicted octanol–water partition coefficient (Wildman–Crippen LogP) is 3.95. The van der Waals surface area contributed by atoms with E-state index < -0.39 is 5.97 Å². The van der Waals surface area contributed by atoms with Crippen LogP contribution in [0.4, 0.5) is 5.00 Å². The van der Waals surface area contributed by atoms with Crippen molar-refractivity contribution in [3.8, 4) is 11.5 Å². The first-order chi connectivity index (χ1) is 17.0. The van der Waals surface area contributed by atoms with Crippen LogP contribution in [0.5, 0.6) is 11.5 Å². The fourth-order valence-electron chi connectivity index (χ4n) is 4.39. The van der Waals surface area contributed by atoms with Gasteiger partial charge in [0, 0.05) is 23.9 Å². The lowest BCUT2D eigenvalue weighted by Crippen LogP contribution is -2.22. The number of nitrogens with one attached hydrogen (secondary N) is 1. The van der Waals surface area contributed by atoms with Gasteiger partial charge in [0.1, 0.15) is 5.00 Å². The maximum absolute atomic E-state index is 12.9. The Hall–Kier alpha value is -3.40. The van der Waals surface area contributed by atoms with E-state index in [1.165, 1.54) is 43.6 Å². The number of benzene rings is 1. The molecule has 0 aliphatic heterocycles. The first kappa shape index (κ1) is 24.7. The fraction of sp³-hybridized carbons (Fsp3) is 0.440. The molecule has 1 aliphatic rings. The average molecular weight is 500 g/mol.